The summed E-state index contributed by atoms with van der Waals surface area (Å²) in [5.41, 5.74) is 5.36. The molecule has 20 heavy (non-hydrogen) atoms. The Balaban J connectivity index is 2.33. The molecule has 3 aromatic rings. The van der Waals surface area contributed by atoms with Crippen LogP contribution < -0.4 is 0 Å². The molecule has 0 aliphatic carbocycles. The van der Waals surface area contributed by atoms with E-state index in [-0.39, 0.29) is 0 Å². The van der Waals surface area contributed by atoms with Crippen LogP contribution in [0.1, 0.15) is 16.7 Å². The number of rotatable bonds is 1. The SMILES string of the molecule is Cc1cc2cc(C#N)c(-c3ccccc3)cc2cc1C. The lowest BCUT2D eigenvalue weighted by molar-refractivity contribution is 1.36. The fourth-order valence-electron chi connectivity index (χ4n) is 2.53. The zero-order valence-electron chi connectivity index (χ0n) is 11.6. The maximum Gasteiger partial charge on any atom is 0.0998 e. The summed E-state index contributed by atoms with van der Waals surface area (Å²) in [5, 5.41) is 11.7. The van der Waals surface area contributed by atoms with Crippen molar-refractivity contribution in [2.24, 2.45) is 0 Å². The van der Waals surface area contributed by atoms with Gasteiger partial charge >= 0.3 is 0 Å². The normalized spacial score (nSPS) is 10.4. The van der Waals surface area contributed by atoms with Crippen LogP contribution in [-0.2, 0) is 0 Å². The van der Waals surface area contributed by atoms with E-state index < -0.39 is 0 Å². The molecule has 3 rings (SSSR count). The zero-order chi connectivity index (χ0) is 14.1. The van der Waals surface area contributed by atoms with Crippen LogP contribution in [0.5, 0.6) is 0 Å². The third-order valence-electron chi connectivity index (χ3n) is 3.79. The highest BCUT2D eigenvalue weighted by Crippen LogP contribution is 2.29. The number of nitrogens with zero attached hydrogens (tertiary/aromatic N) is 1. The molecule has 0 heterocycles. The van der Waals surface area contributed by atoms with Gasteiger partial charge in [-0.25, -0.2) is 0 Å². The van der Waals surface area contributed by atoms with E-state index in [0.29, 0.717) is 0 Å². The van der Waals surface area contributed by atoms with E-state index in [0.717, 1.165) is 22.1 Å². The van der Waals surface area contributed by atoms with Crippen molar-refractivity contribution < 1.29 is 0 Å². The second kappa shape index (κ2) is 4.83. The Morgan fingerprint density at radius 3 is 2.00 bits per heavy atom. The number of fused-ring (bicyclic) bond motifs is 1. The number of hydrogen-bond acceptors (Lipinski definition) is 1. The second-order valence-corrected chi connectivity index (χ2v) is 5.16. The largest absolute Gasteiger partial charge is 0.192 e. The molecule has 0 aliphatic rings. The molecule has 0 N–H and O–H groups in total. The summed E-state index contributed by atoms with van der Waals surface area (Å²) in [6.45, 7) is 4.22. The highest BCUT2D eigenvalue weighted by Gasteiger charge is 2.08. The maximum atomic E-state index is 9.41. The zero-order valence-corrected chi connectivity index (χ0v) is 11.6. The molecule has 0 fully saturated rings. The molecule has 0 amide bonds. The third-order valence-corrected chi connectivity index (χ3v) is 3.79. The van der Waals surface area contributed by atoms with Crippen LogP contribution in [0, 0.1) is 25.2 Å². The van der Waals surface area contributed by atoms with E-state index in [1.807, 2.05) is 36.4 Å². The quantitative estimate of drug-likeness (QED) is 0.602. The molecule has 0 spiro atoms. The smallest absolute Gasteiger partial charge is 0.0998 e. The molecular weight excluding hydrogens is 242 g/mol. The van der Waals surface area contributed by atoms with Gasteiger partial charge in [-0.3, -0.25) is 0 Å². The third kappa shape index (κ3) is 2.06. The predicted molar refractivity (Wildman–Crippen MR) is 83.6 cm³/mol. The molecule has 3 aromatic carbocycles. The Hall–Kier alpha value is -2.59. The molecule has 0 saturated heterocycles. The molecule has 0 saturated carbocycles. The number of benzene rings is 3. The Labute approximate surface area is 119 Å². The minimum atomic E-state index is 0.729. The van der Waals surface area contributed by atoms with Gasteiger partial charge in [0.25, 0.3) is 0 Å². The van der Waals surface area contributed by atoms with Gasteiger partial charge in [-0.2, -0.15) is 5.26 Å². The van der Waals surface area contributed by atoms with Crippen LogP contribution in [0.15, 0.2) is 54.6 Å². The van der Waals surface area contributed by atoms with Crippen molar-refractivity contribution in [3.8, 4) is 17.2 Å². The summed E-state index contributed by atoms with van der Waals surface area (Å²) < 4.78 is 0. The summed E-state index contributed by atoms with van der Waals surface area (Å²) in [7, 11) is 0. The van der Waals surface area contributed by atoms with Gasteiger partial charge in [-0.05, 0) is 53.4 Å². The molecular formula is C19H15N. The van der Waals surface area contributed by atoms with Crippen molar-refractivity contribution in [2.45, 2.75) is 13.8 Å². The summed E-state index contributed by atoms with van der Waals surface area (Å²) in [4.78, 5) is 0. The minimum absolute atomic E-state index is 0.729. The average molecular weight is 257 g/mol. The maximum absolute atomic E-state index is 9.41. The Morgan fingerprint density at radius 1 is 0.800 bits per heavy atom. The number of hydrogen-bond donors (Lipinski definition) is 0. The first-order chi connectivity index (χ1) is 9.69. The molecule has 96 valence electrons. The summed E-state index contributed by atoms with van der Waals surface area (Å²) >= 11 is 0. The van der Waals surface area contributed by atoms with Crippen LogP contribution in [0.3, 0.4) is 0 Å². The summed E-state index contributed by atoms with van der Waals surface area (Å²) in [6, 6.07) is 20.9. The Morgan fingerprint density at radius 2 is 1.40 bits per heavy atom. The molecule has 0 atom stereocenters. The molecule has 1 heteroatoms. The highest BCUT2D eigenvalue weighted by molar-refractivity contribution is 5.91. The molecule has 0 radical (unpaired) electrons. The molecule has 1 nitrogen and oxygen atoms in total. The minimum Gasteiger partial charge on any atom is -0.192 e. The number of aryl methyl sites for hydroxylation is 2. The van der Waals surface area contributed by atoms with E-state index in [4.69, 9.17) is 0 Å². The van der Waals surface area contributed by atoms with Crippen LogP contribution in [0.2, 0.25) is 0 Å². The first-order valence-corrected chi connectivity index (χ1v) is 6.69. The van der Waals surface area contributed by atoms with E-state index in [1.165, 1.54) is 16.5 Å². The van der Waals surface area contributed by atoms with Crippen LogP contribution >= 0.6 is 0 Å². The highest BCUT2D eigenvalue weighted by atomic mass is 14.2. The van der Waals surface area contributed by atoms with Gasteiger partial charge in [-0.1, -0.05) is 42.5 Å². The van der Waals surface area contributed by atoms with Gasteiger partial charge in [0.05, 0.1) is 11.6 Å². The Kier molecular flexibility index (Phi) is 3.00. The van der Waals surface area contributed by atoms with Crippen LogP contribution in [0.25, 0.3) is 21.9 Å². The first kappa shape index (κ1) is 12.4. The lowest BCUT2D eigenvalue weighted by Crippen LogP contribution is -1.88. The molecule has 0 aromatic heterocycles. The van der Waals surface area contributed by atoms with Gasteiger partial charge < -0.3 is 0 Å². The standard InChI is InChI=1S/C19H15N/c1-13-8-16-10-18(12-20)19(11-17(16)9-14(13)2)15-6-4-3-5-7-15/h3-11H,1-2H3. The van der Waals surface area contributed by atoms with E-state index in [1.54, 1.807) is 0 Å². The van der Waals surface area contributed by atoms with Gasteiger partial charge in [0, 0.05) is 5.56 Å². The lowest BCUT2D eigenvalue weighted by Gasteiger charge is -2.09. The van der Waals surface area contributed by atoms with Crippen LogP contribution in [0.4, 0.5) is 0 Å². The van der Waals surface area contributed by atoms with E-state index >= 15 is 0 Å². The number of nitriles is 1. The van der Waals surface area contributed by atoms with Gasteiger partial charge in [0.1, 0.15) is 0 Å². The lowest BCUT2D eigenvalue weighted by atomic mass is 9.94. The topological polar surface area (TPSA) is 23.8 Å². The Bertz CT molecular complexity index is 824. The van der Waals surface area contributed by atoms with Gasteiger partial charge in [-0.15, -0.1) is 0 Å². The monoisotopic (exact) mass is 257 g/mol. The molecule has 0 aliphatic heterocycles. The van der Waals surface area contributed by atoms with Crippen molar-refractivity contribution in [1.82, 2.24) is 0 Å². The molecule has 0 unspecified atom stereocenters. The van der Waals surface area contributed by atoms with Crippen molar-refractivity contribution >= 4 is 10.8 Å². The van der Waals surface area contributed by atoms with Crippen molar-refractivity contribution in [3.63, 3.8) is 0 Å². The summed E-state index contributed by atoms with van der Waals surface area (Å²) in [6.07, 6.45) is 0. The van der Waals surface area contributed by atoms with E-state index in [9.17, 15) is 5.26 Å². The average Bonchev–Trinajstić information content (AvgIpc) is 2.48. The van der Waals surface area contributed by atoms with Crippen LogP contribution in [-0.4, -0.2) is 0 Å². The van der Waals surface area contributed by atoms with Crippen molar-refractivity contribution in [3.05, 3.63) is 71.3 Å². The fraction of sp³-hybridized carbons (Fsp3) is 0.105. The first-order valence-electron chi connectivity index (χ1n) is 6.69. The summed E-state index contributed by atoms with van der Waals surface area (Å²) in [5.74, 6) is 0. The van der Waals surface area contributed by atoms with E-state index in [2.05, 4.69) is 38.1 Å². The molecule has 0 bridgehead atoms. The fourth-order valence-corrected chi connectivity index (χ4v) is 2.53. The predicted octanol–water partition coefficient (Wildman–Crippen LogP) is 5.00. The van der Waals surface area contributed by atoms with Crippen molar-refractivity contribution in [1.29, 1.82) is 5.26 Å². The van der Waals surface area contributed by atoms with Gasteiger partial charge in [0.15, 0.2) is 0 Å². The van der Waals surface area contributed by atoms with Gasteiger partial charge in [0.2, 0.25) is 0 Å². The van der Waals surface area contributed by atoms with Crippen molar-refractivity contribution in [2.75, 3.05) is 0 Å². The second-order valence-electron chi connectivity index (χ2n) is 5.16.